The second-order valence-electron chi connectivity index (χ2n) is 7.44. The van der Waals surface area contributed by atoms with Gasteiger partial charge < -0.3 is 15.3 Å². The first-order valence-corrected chi connectivity index (χ1v) is 9.93. The van der Waals surface area contributed by atoms with Crippen molar-refractivity contribution in [2.24, 2.45) is 5.92 Å². The zero-order chi connectivity index (χ0) is 21.3. The molecular formula is C22H23N5O3. The van der Waals surface area contributed by atoms with Gasteiger partial charge in [0.2, 0.25) is 5.91 Å². The van der Waals surface area contributed by atoms with Crippen LogP contribution in [0.3, 0.4) is 0 Å². The van der Waals surface area contributed by atoms with Crippen molar-refractivity contribution in [3.05, 3.63) is 75.2 Å². The van der Waals surface area contributed by atoms with Gasteiger partial charge in [-0.15, -0.1) is 0 Å². The lowest BCUT2D eigenvalue weighted by molar-refractivity contribution is -0.123. The molecule has 2 atom stereocenters. The molecule has 0 fully saturated rings. The van der Waals surface area contributed by atoms with Crippen LogP contribution >= 0.6 is 0 Å². The van der Waals surface area contributed by atoms with E-state index in [1.807, 2.05) is 38.1 Å². The Labute approximate surface area is 172 Å². The highest BCUT2D eigenvalue weighted by molar-refractivity contribution is 5.79. The van der Waals surface area contributed by atoms with Crippen molar-refractivity contribution < 1.29 is 4.79 Å². The summed E-state index contributed by atoms with van der Waals surface area (Å²) in [6, 6.07) is 14.0. The number of amides is 1. The lowest BCUT2D eigenvalue weighted by Gasteiger charge is -2.22. The Morgan fingerprint density at radius 1 is 1.07 bits per heavy atom. The molecule has 0 saturated heterocycles. The molecule has 3 N–H and O–H groups in total. The third-order valence-electron chi connectivity index (χ3n) is 5.42. The van der Waals surface area contributed by atoms with Gasteiger partial charge in [-0.2, -0.15) is 0 Å². The number of rotatable bonds is 6. The van der Waals surface area contributed by atoms with Crippen LogP contribution in [-0.2, 0) is 11.3 Å². The largest absolute Gasteiger partial charge is 0.344 e. The lowest BCUT2D eigenvalue weighted by Crippen LogP contribution is -2.42. The van der Waals surface area contributed by atoms with Gasteiger partial charge in [-0.25, -0.2) is 9.78 Å². The smallest absolute Gasteiger partial charge is 0.329 e. The number of aromatic nitrogens is 4. The molecule has 0 bridgehead atoms. The van der Waals surface area contributed by atoms with Gasteiger partial charge in [0, 0.05) is 0 Å². The Morgan fingerprint density at radius 3 is 2.50 bits per heavy atom. The first kappa shape index (κ1) is 19.6. The molecule has 4 aromatic rings. The summed E-state index contributed by atoms with van der Waals surface area (Å²) in [5.74, 6) is 0.323. The predicted molar refractivity (Wildman–Crippen MR) is 115 cm³/mol. The van der Waals surface area contributed by atoms with Crippen LogP contribution < -0.4 is 16.6 Å². The van der Waals surface area contributed by atoms with Gasteiger partial charge in [-0.1, -0.05) is 44.5 Å². The van der Waals surface area contributed by atoms with Crippen LogP contribution in [0, 0.1) is 5.92 Å². The van der Waals surface area contributed by atoms with Gasteiger partial charge in [-0.05, 0) is 30.2 Å². The van der Waals surface area contributed by atoms with E-state index in [0.717, 1.165) is 22.0 Å². The average Bonchev–Trinajstić information content (AvgIpc) is 3.18. The molecule has 8 heteroatoms. The van der Waals surface area contributed by atoms with Crippen LogP contribution in [0.4, 0.5) is 0 Å². The Balaban J connectivity index is 1.63. The molecule has 0 radical (unpaired) electrons. The van der Waals surface area contributed by atoms with Gasteiger partial charge >= 0.3 is 5.69 Å². The first-order chi connectivity index (χ1) is 14.5. The number of H-pyrrole nitrogens is 2. The Hall–Kier alpha value is -3.68. The highest BCUT2D eigenvalue weighted by Crippen LogP contribution is 2.24. The maximum absolute atomic E-state index is 12.8. The molecule has 2 aromatic carbocycles. The Bertz CT molecular complexity index is 1300. The molecule has 2 unspecified atom stereocenters. The minimum absolute atomic E-state index is 0.0983. The molecule has 4 rings (SSSR count). The van der Waals surface area contributed by atoms with E-state index in [1.165, 1.54) is 0 Å². The van der Waals surface area contributed by atoms with Gasteiger partial charge in [0.25, 0.3) is 5.56 Å². The minimum Gasteiger partial charge on any atom is -0.344 e. The summed E-state index contributed by atoms with van der Waals surface area (Å²) < 4.78 is 0.921. The number of hydrogen-bond donors (Lipinski definition) is 3. The fourth-order valence-electron chi connectivity index (χ4n) is 3.54. The number of benzene rings is 2. The van der Waals surface area contributed by atoms with E-state index in [1.54, 1.807) is 24.3 Å². The fourth-order valence-corrected chi connectivity index (χ4v) is 3.54. The van der Waals surface area contributed by atoms with Crippen molar-refractivity contribution in [2.45, 2.75) is 32.9 Å². The number of aromatic amines is 2. The summed E-state index contributed by atoms with van der Waals surface area (Å²) >= 11 is 0. The number of carbonyl (C=O) groups excluding carboxylic acids is 1. The SMILES string of the molecule is CCC(C)C(NC(=O)Cn1c(=O)[nH]c2ccccc2c1=O)c1nc2ccccc2[nH]1. The summed E-state index contributed by atoms with van der Waals surface area (Å²) in [5.41, 5.74) is 1.05. The Kier molecular flexibility index (Phi) is 5.22. The molecule has 0 aliphatic carbocycles. The number of para-hydroxylation sites is 3. The molecule has 1 amide bonds. The fraction of sp³-hybridized carbons (Fsp3) is 0.273. The van der Waals surface area contributed by atoms with E-state index in [0.29, 0.717) is 16.7 Å². The number of imidazole rings is 1. The normalized spacial score (nSPS) is 13.4. The molecule has 0 aliphatic heterocycles. The zero-order valence-electron chi connectivity index (χ0n) is 16.8. The maximum atomic E-state index is 12.8. The second-order valence-corrected chi connectivity index (χ2v) is 7.44. The van der Waals surface area contributed by atoms with Gasteiger partial charge in [-0.3, -0.25) is 14.2 Å². The van der Waals surface area contributed by atoms with Crippen molar-refractivity contribution >= 4 is 27.8 Å². The first-order valence-electron chi connectivity index (χ1n) is 9.93. The molecule has 154 valence electrons. The van der Waals surface area contributed by atoms with Crippen LogP contribution in [0.15, 0.2) is 58.1 Å². The van der Waals surface area contributed by atoms with Gasteiger partial charge in [0.05, 0.1) is 28.0 Å². The van der Waals surface area contributed by atoms with Crippen LogP contribution in [0.25, 0.3) is 21.9 Å². The summed E-state index contributed by atoms with van der Waals surface area (Å²) in [4.78, 5) is 48.4. The van der Waals surface area contributed by atoms with Gasteiger partial charge in [0.1, 0.15) is 12.4 Å². The molecular weight excluding hydrogens is 382 g/mol. The highest BCUT2D eigenvalue weighted by atomic mass is 16.2. The van der Waals surface area contributed by atoms with Crippen LogP contribution in [0.2, 0.25) is 0 Å². The van der Waals surface area contributed by atoms with Crippen molar-refractivity contribution in [3.63, 3.8) is 0 Å². The Morgan fingerprint density at radius 2 is 1.77 bits per heavy atom. The van der Waals surface area contributed by atoms with Crippen LogP contribution in [0.1, 0.15) is 32.1 Å². The molecule has 2 aromatic heterocycles. The summed E-state index contributed by atoms with van der Waals surface area (Å²) in [6.07, 6.45) is 0.818. The standard InChI is InChI=1S/C22H23N5O3/c1-3-13(2)19(20-23-16-10-6-7-11-17(16)24-20)26-18(28)12-27-21(29)14-8-4-5-9-15(14)25-22(27)30/h4-11,13,19H,3,12H2,1-2H3,(H,23,24)(H,25,30)(H,26,28). The number of nitrogens with zero attached hydrogens (tertiary/aromatic N) is 2. The topological polar surface area (TPSA) is 113 Å². The van der Waals surface area contributed by atoms with E-state index in [2.05, 4.69) is 20.3 Å². The van der Waals surface area contributed by atoms with Crippen molar-refractivity contribution in [1.29, 1.82) is 0 Å². The van der Waals surface area contributed by atoms with E-state index >= 15 is 0 Å². The average molecular weight is 405 g/mol. The highest BCUT2D eigenvalue weighted by Gasteiger charge is 2.24. The molecule has 8 nitrogen and oxygen atoms in total. The molecule has 0 saturated carbocycles. The van der Waals surface area contributed by atoms with Crippen molar-refractivity contribution in [2.75, 3.05) is 0 Å². The molecule has 30 heavy (non-hydrogen) atoms. The van der Waals surface area contributed by atoms with E-state index < -0.39 is 17.2 Å². The van der Waals surface area contributed by atoms with E-state index in [9.17, 15) is 14.4 Å². The van der Waals surface area contributed by atoms with E-state index in [-0.39, 0.29) is 18.5 Å². The molecule has 0 spiro atoms. The van der Waals surface area contributed by atoms with Gasteiger partial charge in [0.15, 0.2) is 0 Å². The third-order valence-corrected chi connectivity index (χ3v) is 5.42. The van der Waals surface area contributed by atoms with Crippen LogP contribution in [0.5, 0.6) is 0 Å². The summed E-state index contributed by atoms with van der Waals surface area (Å²) in [6.45, 7) is 3.68. The zero-order valence-corrected chi connectivity index (χ0v) is 16.8. The summed E-state index contributed by atoms with van der Waals surface area (Å²) in [5, 5.41) is 3.31. The van der Waals surface area contributed by atoms with Crippen molar-refractivity contribution in [3.8, 4) is 0 Å². The van der Waals surface area contributed by atoms with E-state index in [4.69, 9.17) is 0 Å². The third kappa shape index (κ3) is 3.63. The van der Waals surface area contributed by atoms with Crippen LogP contribution in [-0.4, -0.2) is 25.4 Å². The minimum atomic E-state index is -0.613. The quantitative estimate of drug-likeness (QED) is 0.457. The number of fused-ring (bicyclic) bond motifs is 2. The lowest BCUT2D eigenvalue weighted by atomic mass is 9.98. The molecule has 2 heterocycles. The van der Waals surface area contributed by atoms with Crippen molar-refractivity contribution in [1.82, 2.24) is 24.8 Å². The molecule has 0 aliphatic rings. The maximum Gasteiger partial charge on any atom is 0.329 e. The predicted octanol–water partition coefficient (Wildman–Crippen LogP) is 2.47. The second kappa shape index (κ2) is 7.98. The number of hydrogen-bond acceptors (Lipinski definition) is 4. The monoisotopic (exact) mass is 405 g/mol. The number of nitrogens with one attached hydrogen (secondary N) is 3. The number of carbonyl (C=O) groups is 1. The summed E-state index contributed by atoms with van der Waals surface area (Å²) in [7, 11) is 0.